The molecule has 29 heavy (non-hydrogen) atoms. The summed E-state index contributed by atoms with van der Waals surface area (Å²) in [6.07, 6.45) is 2.93. The molecule has 0 aliphatic carbocycles. The van der Waals surface area contributed by atoms with Crippen LogP contribution in [0.1, 0.15) is 27.9 Å². The van der Waals surface area contributed by atoms with E-state index in [0.29, 0.717) is 38.2 Å². The van der Waals surface area contributed by atoms with Crippen molar-refractivity contribution in [1.29, 1.82) is 0 Å². The second-order valence-electron chi connectivity index (χ2n) is 5.82. The number of ether oxygens (including phenoxy) is 4. The third-order valence-corrected chi connectivity index (χ3v) is 5.30. The highest BCUT2D eigenvalue weighted by atomic mass is 32.1. The fourth-order valence-corrected chi connectivity index (χ4v) is 3.53. The average molecular weight is 420 g/mol. The van der Waals surface area contributed by atoms with E-state index in [1.54, 1.807) is 43.7 Å². The van der Waals surface area contributed by atoms with Crippen LogP contribution in [0.3, 0.4) is 0 Å². The van der Waals surface area contributed by atoms with Crippen LogP contribution < -0.4 is 19.0 Å². The number of aromatic nitrogens is 1. The number of carbonyl (C=O) groups excluding carboxylic acids is 2. The maximum Gasteiger partial charge on any atom is 0.350 e. The molecule has 156 valence electrons. The number of methoxy groups -OCH3 is 3. The summed E-state index contributed by atoms with van der Waals surface area (Å²) in [4.78, 5) is 29.2. The molecule has 0 aliphatic heterocycles. The second kappa shape index (κ2) is 9.92. The molecule has 0 fully saturated rings. The smallest absolute Gasteiger partial charge is 0.350 e. The summed E-state index contributed by atoms with van der Waals surface area (Å²) in [5.41, 5.74) is 1.37. The number of esters is 1. The molecule has 0 bridgehead atoms. The first kappa shape index (κ1) is 22.2. The molecule has 1 aromatic carbocycles. The molecular weight excluding hydrogens is 396 g/mol. The molecule has 1 heterocycles. The fourth-order valence-electron chi connectivity index (χ4n) is 2.51. The van der Waals surface area contributed by atoms with Gasteiger partial charge in [0.05, 0.1) is 27.9 Å². The average Bonchev–Trinajstić information content (AvgIpc) is 2.99. The zero-order valence-corrected chi connectivity index (χ0v) is 18.1. The van der Waals surface area contributed by atoms with Gasteiger partial charge in [0.1, 0.15) is 4.88 Å². The molecule has 0 aliphatic rings. The van der Waals surface area contributed by atoms with Gasteiger partial charge < -0.3 is 23.5 Å². The normalized spacial score (nSPS) is 11.6. The van der Waals surface area contributed by atoms with Crippen molar-refractivity contribution in [3.63, 3.8) is 0 Å². The van der Waals surface area contributed by atoms with E-state index >= 15 is 0 Å². The molecule has 9 heteroatoms. The lowest BCUT2D eigenvalue weighted by molar-refractivity contribution is -0.113. The maximum atomic E-state index is 12.3. The summed E-state index contributed by atoms with van der Waals surface area (Å²) in [6, 6.07) is 3.44. The molecular formula is C20H24N2O6S. The van der Waals surface area contributed by atoms with Crippen molar-refractivity contribution < 1.29 is 28.5 Å². The van der Waals surface area contributed by atoms with Crippen LogP contribution in [0.2, 0.25) is 0 Å². The molecule has 0 saturated heterocycles. The molecule has 2 rings (SSSR count). The highest BCUT2D eigenvalue weighted by molar-refractivity contribution is 7.11. The van der Waals surface area contributed by atoms with Gasteiger partial charge in [-0.2, -0.15) is 4.99 Å². The molecule has 0 spiro atoms. The topological polar surface area (TPSA) is 88.3 Å². The van der Waals surface area contributed by atoms with Crippen molar-refractivity contribution in [1.82, 2.24) is 4.57 Å². The Bertz CT molecular complexity index is 978. The van der Waals surface area contributed by atoms with Crippen LogP contribution >= 0.6 is 11.3 Å². The van der Waals surface area contributed by atoms with Crippen molar-refractivity contribution in [3.05, 3.63) is 39.1 Å². The minimum atomic E-state index is -0.467. The Morgan fingerprint density at radius 1 is 1.14 bits per heavy atom. The summed E-state index contributed by atoms with van der Waals surface area (Å²) in [5.74, 6) is 0.541. The number of nitrogens with zero attached hydrogens (tertiary/aromatic N) is 2. The van der Waals surface area contributed by atoms with Gasteiger partial charge in [0, 0.05) is 18.8 Å². The standard InChI is InChI=1S/C20H24N2O6S/c1-7-28-19(24)18-12(2)22(3)20(29-18)21-16(23)9-8-13-10-14(25-4)17(27-6)15(11-13)26-5/h8-11H,7H2,1-6H3. The van der Waals surface area contributed by atoms with Crippen LogP contribution in [0, 0.1) is 6.92 Å². The van der Waals surface area contributed by atoms with E-state index in [9.17, 15) is 9.59 Å². The lowest BCUT2D eigenvalue weighted by Gasteiger charge is -2.12. The Hall–Kier alpha value is -3.07. The highest BCUT2D eigenvalue weighted by Gasteiger charge is 2.16. The van der Waals surface area contributed by atoms with E-state index in [0.717, 1.165) is 11.3 Å². The maximum absolute atomic E-state index is 12.3. The molecule has 0 unspecified atom stereocenters. The highest BCUT2D eigenvalue weighted by Crippen LogP contribution is 2.38. The predicted octanol–water partition coefficient (Wildman–Crippen LogP) is 2.74. The van der Waals surface area contributed by atoms with E-state index in [2.05, 4.69) is 4.99 Å². The fraction of sp³-hybridized carbons (Fsp3) is 0.350. The van der Waals surface area contributed by atoms with Gasteiger partial charge in [0.2, 0.25) is 5.75 Å². The molecule has 0 N–H and O–H groups in total. The summed E-state index contributed by atoms with van der Waals surface area (Å²) in [6.45, 7) is 3.80. The lowest BCUT2D eigenvalue weighted by Crippen LogP contribution is -2.13. The summed E-state index contributed by atoms with van der Waals surface area (Å²) < 4.78 is 22.6. The van der Waals surface area contributed by atoms with Gasteiger partial charge >= 0.3 is 5.97 Å². The molecule has 0 atom stereocenters. The van der Waals surface area contributed by atoms with E-state index in [1.807, 2.05) is 0 Å². The molecule has 8 nitrogen and oxygen atoms in total. The van der Waals surface area contributed by atoms with Crippen LogP contribution in [0.4, 0.5) is 0 Å². The van der Waals surface area contributed by atoms with Gasteiger partial charge in [0.15, 0.2) is 16.3 Å². The van der Waals surface area contributed by atoms with Gasteiger partial charge in [-0.1, -0.05) is 11.3 Å². The molecule has 2 aromatic rings. The predicted molar refractivity (Wildman–Crippen MR) is 110 cm³/mol. The van der Waals surface area contributed by atoms with Crippen molar-refractivity contribution in [2.75, 3.05) is 27.9 Å². The van der Waals surface area contributed by atoms with Crippen molar-refractivity contribution in [2.45, 2.75) is 13.8 Å². The van der Waals surface area contributed by atoms with Crippen molar-refractivity contribution in [2.24, 2.45) is 12.0 Å². The molecule has 0 radical (unpaired) electrons. The largest absolute Gasteiger partial charge is 0.493 e. The first-order valence-electron chi connectivity index (χ1n) is 8.76. The zero-order chi connectivity index (χ0) is 21.6. The van der Waals surface area contributed by atoms with E-state index < -0.39 is 11.9 Å². The first-order chi connectivity index (χ1) is 13.9. The summed E-state index contributed by atoms with van der Waals surface area (Å²) >= 11 is 1.11. The Labute approximate surface area is 173 Å². The van der Waals surface area contributed by atoms with Crippen LogP contribution in [0.5, 0.6) is 17.2 Å². The Morgan fingerprint density at radius 2 is 1.76 bits per heavy atom. The van der Waals surface area contributed by atoms with Crippen LogP contribution in [-0.2, 0) is 16.6 Å². The van der Waals surface area contributed by atoms with Crippen molar-refractivity contribution in [3.8, 4) is 17.2 Å². The van der Waals surface area contributed by atoms with Crippen molar-refractivity contribution >= 4 is 29.3 Å². The number of amides is 1. The van der Waals surface area contributed by atoms with Gasteiger partial charge in [0.25, 0.3) is 5.91 Å². The number of carbonyl (C=O) groups is 2. The Balaban J connectivity index is 2.33. The Kier molecular flexibility index (Phi) is 7.60. The lowest BCUT2D eigenvalue weighted by atomic mass is 10.1. The second-order valence-corrected chi connectivity index (χ2v) is 6.80. The first-order valence-corrected chi connectivity index (χ1v) is 9.58. The van der Waals surface area contributed by atoms with E-state index in [4.69, 9.17) is 18.9 Å². The molecule has 1 amide bonds. The van der Waals surface area contributed by atoms with Gasteiger partial charge in [-0.3, -0.25) is 4.79 Å². The van der Waals surface area contributed by atoms with Crippen LogP contribution in [0.25, 0.3) is 6.08 Å². The number of hydrogen-bond acceptors (Lipinski definition) is 7. The monoisotopic (exact) mass is 420 g/mol. The number of hydrogen-bond donors (Lipinski definition) is 0. The quantitative estimate of drug-likeness (QED) is 0.506. The number of rotatable bonds is 7. The minimum absolute atomic E-state index is 0.281. The van der Waals surface area contributed by atoms with E-state index in [1.165, 1.54) is 27.4 Å². The number of thiazole rings is 1. The summed E-state index contributed by atoms with van der Waals surface area (Å²) in [7, 11) is 6.30. The van der Waals surface area contributed by atoms with Gasteiger partial charge in [-0.15, -0.1) is 0 Å². The van der Waals surface area contributed by atoms with Gasteiger partial charge in [-0.05, 0) is 37.6 Å². The number of benzene rings is 1. The third-order valence-electron chi connectivity index (χ3n) is 4.08. The zero-order valence-electron chi connectivity index (χ0n) is 17.3. The molecule has 1 aromatic heterocycles. The van der Waals surface area contributed by atoms with Gasteiger partial charge in [-0.25, -0.2) is 4.79 Å². The summed E-state index contributed by atoms with van der Waals surface area (Å²) in [5, 5.41) is 0. The molecule has 0 saturated carbocycles. The van der Waals surface area contributed by atoms with Crippen LogP contribution in [-0.4, -0.2) is 44.4 Å². The van der Waals surface area contributed by atoms with E-state index in [-0.39, 0.29) is 6.61 Å². The third kappa shape index (κ3) is 5.05. The Morgan fingerprint density at radius 3 is 2.28 bits per heavy atom. The SMILES string of the molecule is CCOC(=O)c1sc(=NC(=O)C=Cc2cc(OC)c(OC)c(OC)c2)n(C)c1C. The van der Waals surface area contributed by atoms with Crippen LogP contribution in [0.15, 0.2) is 23.2 Å². The minimum Gasteiger partial charge on any atom is -0.493 e.